The monoisotopic (exact) mass is 381 g/mol. The largest absolute Gasteiger partial charge is 0.497 e. The first kappa shape index (κ1) is 19.9. The summed E-state index contributed by atoms with van der Waals surface area (Å²) in [6.07, 6.45) is 2.14. The Hall–Kier alpha value is -2.86. The first-order chi connectivity index (χ1) is 13.6. The van der Waals surface area contributed by atoms with Crippen LogP contribution in [0.5, 0.6) is 5.75 Å². The van der Waals surface area contributed by atoms with Crippen molar-refractivity contribution in [2.45, 2.75) is 32.8 Å². The van der Waals surface area contributed by atoms with Crippen molar-refractivity contribution in [3.8, 4) is 5.75 Å². The van der Waals surface area contributed by atoms with Crippen LogP contribution in [0.4, 0.5) is 5.69 Å². The van der Waals surface area contributed by atoms with Gasteiger partial charge in [-0.05, 0) is 62.1 Å². The Balaban J connectivity index is 1.79. The van der Waals surface area contributed by atoms with Crippen LogP contribution >= 0.6 is 0 Å². The number of hydrogen-bond donors (Lipinski definition) is 2. The van der Waals surface area contributed by atoms with Gasteiger partial charge in [-0.1, -0.05) is 18.2 Å². The molecule has 0 saturated carbocycles. The maximum atomic E-state index is 12.7. The van der Waals surface area contributed by atoms with Crippen molar-refractivity contribution < 1.29 is 14.3 Å². The number of ether oxygens (including phenoxy) is 2. The maximum Gasteiger partial charge on any atom is 0.258 e. The van der Waals surface area contributed by atoms with Crippen molar-refractivity contribution in [1.29, 1.82) is 0 Å². The highest BCUT2D eigenvalue weighted by Gasteiger charge is 2.16. The van der Waals surface area contributed by atoms with Crippen molar-refractivity contribution >= 4 is 17.6 Å². The topological polar surface area (TPSA) is 72.0 Å². The van der Waals surface area contributed by atoms with Gasteiger partial charge in [0, 0.05) is 17.9 Å². The second-order valence-electron chi connectivity index (χ2n) is 6.88. The molecule has 0 radical (unpaired) electrons. The zero-order valence-corrected chi connectivity index (χ0v) is 16.6. The molecule has 0 aliphatic carbocycles. The highest BCUT2D eigenvalue weighted by Crippen LogP contribution is 2.18. The van der Waals surface area contributed by atoms with Gasteiger partial charge in [0.15, 0.2) is 0 Å². The molecule has 0 spiro atoms. The fourth-order valence-electron chi connectivity index (χ4n) is 3.05. The number of aryl methyl sites for hydroxylation is 1. The number of anilines is 1. The van der Waals surface area contributed by atoms with Crippen molar-refractivity contribution in [2.24, 2.45) is 4.99 Å². The molecule has 0 unspecified atom stereocenters. The first-order valence-corrected chi connectivity index (χ1v) is 9.51. The molecule has 1 saturated heterocycles. The fourth-order valence-corrected chi connectivity index (χ4v) is 3.05. The van der Waals surface area contributed by atoms with Gasteiger partial charge in [-0.2, -0.15) is 0 Å². The summed E-state index contributed by atoms with van der Waals surface area (Å²) in [5.41, 5.74) is 3.70. The van der Waals surface area contributed by atoms with E-state index in [1.807, 2.05) is 19.1 Å². The number of guanidine groups is 1. The third kappa shape index (κ3) is 5.10. The van der Waals surface area contributed by atoms with Gasteiger partial charge in [0.05, 0.1) is 19.8 Å². The smallest absolute Gasteiger partial charge is 0.258 e. The van der Waals surface area contributed by atoms with Gasteiger partial charge in [-0.15, -0.1) is 0 Å². The summed E-state index contributed by atoms with van der Waals surface area (Å²) < 4.78 is 10.9. The van der Waals surface area contributed by atoms with Gasteiger partial charge in [-0.25, -0.2) is 4.99 Å². The van der Waals surface area contributed by atoms with Crippen LogP contribution < -0.4 is 15.4 Å². The lowest BCUT2D eigenvalue weighted by Crippen LogP contribution is -2.37. The van der Waals surface area contributed by atoms with E-state index < -0.39 is 0 Å². The molecule has 0 bridgehead atoms. The molecule has 1 heterocycles. The van der Waals surface area contributed by atoms with Crippen LogP contribution in [0.15, 0.2) is 47.5 Å². The average Bonchev–Trinajstić information content (AvgIpc) is 3.23. The number of carbonyl (C=O) groups excluding carboxylic acids is 1. The lowest BCUT2D eigenvalue weighted by Gasteiger charge is -2.16. The molecule has 1 aliphatic rings. The number of carbonyl (C=O) groups is 1. The molecule has 1 amide bonds. The van der Waals surface area contributed by atoms with E-state index in [1.54, 1.807) is 31.4 Å². The Morgan fingerprint density at radius 2 is 2.07 bits per heavy atom. The highest BCUT2D eigenvalue weighted by molar-refractivity contribution is 6.10. The van der Waals surface area contributed by atoms with E-state index in [2.05, 4.69) is 28.6 Å². The second-order valence-corrected chi connectivity index (χ2v) is 6.88. The number of amides is 1. The summed E-state index contributed by atoms with van der Waals surface area (Å²) in [4.78, 5) is 17.3. The van der Waals surface area contributed by atoms with Crippen LogP contribution in [0.2, 0.25) is 0 Å². The van der Waals surface area contributed by atoms with Crippen molar-refractivity contribution in [1.82, 2.24) is 5.32 Å². The minimum atomic E-state index is -0.247. The summed E-state index contributed by atoms with van der Waals surface area (Å²) in [5, 5.41) is 6.17. The third-order valence-corrected chi connectivity index (χ3v) is 4.90. The van der Waals surface area contributed by atoms with E-state index in [9.17, 15) is 4.79 Å². The molecule has 1 atom stereocenters. The molecule has 2 aromatic carbocycles. The van der Waals surface area contributed by atoms with E-state index in [0.29, 0.717) is 23.8 Å². The molecule has 1 fully saturated rings. The maximum absolute atomic E-state index is 12.7. The van der Waals surface area contributed by atoms with Gasteiger partial charge < -0.3 is 14.8 Å². The summed E-state index contributed by atoms with van der Waals surface area (Å²) >= 11 is 0. The number of benzene rings is 2. The molecular weight excluding hydrogens is 354 g/mol. The van der Waals surface area contributed by atoms with E-state index in [-0.39, 0.29) is 12.0 Å². The average molecular weight is 381 g/mol. The number of hydrogen-bond acceptors (Lipinski definition) is 4. The summed E-state index contributed by atoms with van der Waals surface area (Å²) in [7, 11) is 1.58. The highest BCUT2D eigenvalue weighted by atomic mass is 16.5. The Morgan fingerprint density at radius 3 is 2.82 bits per heavy atom. The van der Waals surface area contributed by atoms with Crippen LogP contribution in [0.3, 0.4) is 0 Å². The molecule has 6 heteroatoms. The summed E-state index contributed by atoms with van der Waals surface area (Å²) in [6, 6.07) is 13.0. The SMILES string of the molecule is COc1cccc(C(=O)NC(=NC[C@H]2CCCO2)Nc2cccc(C)c2C)c1. The van der Waals surface area contributed by atoms with Crippen molar-refractivity contribution in [3.63, 3.8) is 0 Å². The normalized spacial score (nSPS) is 16.7. The van der Waals surface area contributed by atoms with Crippen molar-refractivity contribution in [3.05, 3.63) is 59.2 Å². The number of nitrogens with one attached hydrogen (secondary N) is 2. The zero-order valence-electron chi connectivity index (χ0n) is 16.6. The molecule has 0 aromatic heterocycles. The van der Waals surface area contributed by atoms with Crippen LogP contribution in [0.25, 0.3) is 0 Å². The number of nitrogens with zero attached hydrogens (tertiary/aromatic N) is 1. The van der Waals surface area contributed by atoms with Gasteiger partial charge >= 0.3 is 0 Å². The van der Waals surface area contributed by atoms with Gasteiger partial charge in [0.1, 0.15) is 5.75 Å². The molecule has 1 aliphatic heterocycles. The fraction of sp³-hybridized carbons (Fsp3) is 0.364. The molecule has 2 N–H and O–H groups in total. The van der Waals surface area contributed by atoms with E-state index in [0.717, 1.165) is 30.7 Å². The second kappa shape index (κ2) is 9.37. The van der Waals surface area contributed by atoms with E-state index in [4.69, 9.17) is 9.47 Å². The van der Waals surface area contributed by atoms with Gasteiger partial charge in [-0.3, -0.25) is 10.1 Å². The summed E-state index contributed by atoms with van der Waals surface area (Å²) in [6.45, 7) is 5.37. The predicted octanol–water partition coefficient (Wildman–Crippen LogP) is 3.69. The summed E-state index contributed by atoms with van der Waals surface area (Å²) in [5.74, 6) is 0.799. The van der Waals surface area contributed by atoms with Crippen LogP contribution in [0.1, 0.15) is 34.3 Å². The van der Waals surface area contributed by atoms with Gasteiger partial charge in [0.25, 0.3) is 5.91 Å². The Bertz CT molecular complexity index is 858. The quantitative estimate of drug-likeness (QED) is 0.612. The lowest BCUT2D eigenvalue weighted by molar-refractivity contribution is 0.0975. The Kier molecular flexibility index (Phi) is 6.66. The van der Waals surface area contributed by atoms with Crippen LogP contribution in [0, 0.1) is 13.8 Å². The molecular formula is C22H27N3O3. The number of rotatable bonds is 5. The standard InChI is InChI=1S/C22H27N3O3/c1-15-7-4-11-20(16(15)2)24-22(23-14-19-10-6-12-28-19)25-21(26)17-8-5-9-18(13-17)27-3/h4-5,7-9,11,13,19H,6,10,12,14H2,1-3H3,(H2,23,24,25,26)/t19-/m1/s1. The van der Waals surface area contributed by atoms with Crippen LogP contribution in [-0.2, 0) is 4.74 Å². The Morgan fingerprint density at radius 1 is 1.25 bits per heavy atom. The molecule has 148 valence electrons. The molecule has 28 heavy (non-hydrogen) atoms. The molecule has 3 rings (SSSR count). The lowest BCUT2D eigenvalue weighted by atomic mass is 10.1. The third-order valence-electron chi connectivity index (χ3n) is 4.90. The van der Waals surface area contributed by atoms with Crippen molar-refractivity contribution in [2.75, 3.05) is 25.6 Å². The number of aliphatic imine (C=N–C) groups is 1. The molecule has 2 aromatic rings. The minimum Gasteiger partial charge on any atom is -0.497 e. The minimum absolute atomic E-state index is 0.101. The van der Waals surface area contributed by atoms with Crippen LogP contribution in [-0.4, -0.2) is 38.2 Å². The first-order valence-electron chi connectivity index (χ1n) is 9.51. The number of methoxy groups -OCH3 is 1. The van der Waals surface area contributed by atoms with Gasteiger partial charge in [0.2, 0.25) is 5.96 Å². The zero-order chi connectivity index (χ0) is 19.9. The van der Waals surface area contributed by atoms with E-state index in [1.165, 1.54) is 5.56 Å². The van der Waals surface area contributed by atoms with E-state index >= 15 is 0 Å². The Labute approximate surface area is 166 Å². The predicted molar refractivity (Wildman–Crippen MR) is 111 cm³/mol. The molecule has 6 nitrogen and oxygen atoms in total.